The van der Waals surface area contributed by atoms with Crippen molar-refractivity contribution in [1.29, 1.82) is 5.26 Å². The SMILES string of the molecule is CCCCCCCCCCCCCCCCCCN=C(N)NC#N. The van der Waals surface area contributed by atoms with Gasteiger partial charge in [0.1, 0.15) is 0 Å². The lowest BCUT2D eigenvalue weighted by Crippen LogP contribution is -2.27. The van der Waals surface area contributed by atoms with Gasteiger partial charge in [-0.1, -0.05) is 103 Å². The molecule has 0 aliphatic carbocycles. The second-order valence-electron chi connectivity index (χ2n) is 6.81. The van der Waals surface area contributed by atoms with E-state index in [2.05, 4.69) is 17.2 Å². The maximum Gasteiger partial charge on any atom is 0.202 e. The molecule has 3 N–H and O–H groups in total. The molecule has 0 heterocycles. The molecule has 0 fully saturated rings. The average Bonchev–Trinajstić information content (AvgIpc) is 2.58. The number of hydrogen-bond donors (Lipinski definition) is 2. The Hall–Kier alpha value is -1.24. The lowest BCUT2D eigenvalue weighted by molar-refractivity contribution is 0.530. The van der Waals surface area contributed by atoms with Crippen molar-refractivity contribution in [3.63, 3.8) is 0 Å². The monoisotopic (exact) mass is 336 g/mol. The van der Waals surface area contributed by atoms with Gasteiger partial charge in [-0.15, -0.1) is 0 Å². The van der Waals surface area contributed by atoms with Crippen LogP contribution in [0.2, 0.25) is 0 Å². The first-order valence-corrected chi connectivity index (χ1v) is 10.3. The van der Waals surface area contributed by atoms with Gasteiger partial charge in [0.25, 0.3) is 0 Å². The third-order valence-corrected chi connectivity index (χ3v) is 4.48. The highest BCUT2D eigenvalue weighted by Crippen LogP contribution is 2.13. The molecular weight excluding hydrogens is 296 g/mol. The molecule has 0 saturated carbocycles. The fourth-order valence-electron chi connectivity index (χ4n) is 2.96. The van der Waals surface area contributed by atoms with Crippen LogP contribution in [0.3, 0.4) is 0 Å². The largest absolute Gasteiger partial charge is 0.369 e. The first kappa shape index (κ1) is 22.8. The third-order valence-electron chi connectivity index (χ3n) is 4.48. The molecule has 0 aromatic rings. The number of hydrogen-bond acceptors (Lipinski definition) is 2. The van der Waals surface area contributed by atoms with Crippen molar-refractivity contribution < 1.29 is 0 Å². The Balaban J connectivity index is 3.08. The van der Waals surface area contributed by atoms with Gasteiger partial charge in [-0.25, -0.2) is 0 Å². The van der Waals surface area contributed by atoms with E-state index in [0.717, 1.165) is 13.0 Å². The van der Waals surface area contributed by atoms with E-state index in [0.29, 0.717) is 0 Å². The minimum absolute atomic E-state index is 0.235. The maximum absolute atomic E-state index is 8.36. The van der Waals surface area contributed by atoms with Crippen LogP contribution in [0.15, 0.2) is 4.99 Å². The predicted molar refractivity (Wildman–Crippen MR) is 105 cm³/mol. The number of rotatable bonds is 17. The number of nitrogens with one attached hydrogen (secondary N) is 1. The second kappa shape index (κ2) is 19.8. The summed E-state index contributed by atoms with van der Waals surface area (Å²) in [5, 5.41) is 10.7. The molecule has 4 heteroatoms. The Kier molecular flexibility index (Phi) is 18.8. The highest BCUT2D eigenvalue weighted by Gasteiger charge is 1.95. The van der Waals surface area contributed by atoms with Crippen LogP contribution < -0.4 is 11.1 Å². The molecular formula is C20H40N4. The van der Waals surface area contributed by atoms with Crippen LogP contribution in [0.5, 0.6) is 0 Å². The summed E-state index contributed by atoms with van der Waals surface area (Å²) in [6.45, 7) is 3.00. The molecule has 24 heavy (non-hydrogen) atoms. The maximum atomic E-state index is 8.36. The standard InChI is InChI=1S/C20H40N4/c1-2-3-4-5-6-7-8-9-10-11-12-13-14-15-16-17-18-23-20(22)24-19-21/h2-18H2,1H3,(H3,22,23,24). The van der Waals surface area contributed by atoms with Crippen LogP contribution in [0.1, 0.15) is 110 Å². The number of nitrogens with zero attached hydrogens (tertiary/aromatic N) is 2. The fraction of sp³-hybridized carbons (Fsp3) is 0.900. The fourth-order valence-corrected chi connectivity index (χ4v) is 2.96. The van der Waals surface area contributed by atoms with Gasteiger partial charge in [-0.2, -0.15) is 5.26 Å². The number of aliphatic imine (C=N–C) groups is 1. The normalized spacial score (nSPS) is 11.4. The number of guanidine groups is 1. The molecule has 0 spiro atoms. The summed E-state index contributed by atoms with van der Waals surface area (Å²) < 4.78 is 0. The van der Waals surface area contributed by atoms with Crippen LogP contribution in [0.4, 0.5) is 0 Å². The molecule has 0 radical (unpaired) electrons. The Bertz CT molecular complexity index is 320. The molecule has 0 amide bonds. The molecule has 0 aromatic heterocycles. The van der Waals surface area contributed by atoms with Gasteiger partial charge in [-0.3, -0.25) is 10.3 Å². The summed E-state index contributed by atoms with van der Waals surface area (Å²) in [5.41, 5.74) is 5.47. The van der Waals surface area contributed by atoms with Gasteiger partial charge in [-0.05, 0) is 6.42 Å². The van der Waals surface area contributed by atoms with Crippen LogP contribution in [-0.4, -0.2) is 12.5 Å². The van der Waals surface area contributed by atoms with Crippen molar-refractivity contribution in [2.24, 2.45) is 10.7 Å². The topological polar surface area (TPSA) is 74.2 Å². The minimum atomic E-state index is 0.235. The minimum Gasteiger partial charge on any atom is -0.369 e. The van der Waals surface area contributed by atoms with E-state index < -0.39 is 0 Å². The van der Waals surface area contributed by atoms with Gasteiger partial charge < -0.3 is 5.73 Å². The summed E-state index contributed by atoms with van der Waals surface area (Å²) in [4.78, 5) is 4.08. The zero-order valence-corrected chi connectivity index (χ0v) is 16.0. The number of unbranched alkanes of at least 4 members (excludes halogenated alkanes) is 15. The second-order valence-corrected chi connectivity index (χ2v) is 6.81. The van der Waals surface area contributed by atoms with E-state index >= 15 is 0 Å². The van der Waals surface area contributed by atoms with Crippen molar-refractivity contribution >= 4 is 5.96 Å². The summed E-state index contributed by atoms with van der Waals surface area (Å²) in [5.74, 6) is 0.235. The van der Waals surface area contributed by atoms with Crippen molar-refractivity contribution in [2.75, 3.05) is 6.54 Å². The molecule has 0 aliphatic rings. The molecule has 0 aliphatic heterocycles. The molecule has 0 saturated heterocycles. The van der Waals surface area contributed by atoms with Gasteiger partial charge in [0.15, 0.2) is 6.19 Å². The Morgan fingerprint density at radius 1 is 0.750 bits per heavy atom. The van der Waals surface area contributed by atoms with Gasteiger partial charge in [0, 0.05) is 6.54 Å². The Morgan fingerprint density at radius 3 is 1.50 bits per heavy atom. The van der Waals surface area contributed by atoms with Crippen molar-refractivity contribution in [2.45, 2.75) is 110 Å². The first-order chi connectivity index (χ1) is 11.8. The highest BCUT2D eigenvalue weighted by molar-refractivity contribution is 5.79. The molecule has 0 rings (SSSR count). The van der Waals surface area contributed by atoms with Crippen LogP contribution in [-0.2, 0) is 0 Å². The lowest BCUT2D eigenvalue weighted by atomic mass is 10.0. The van der Waals surface area contributed by atoms with Crippen LogP contribution in [0.25, 0.3) is 0 Å². The highest BCUT2D eigenvalue weighted by atomic mass is 15.1. The van der Waals surface area contributed by atoms with Gasteiger partial charge >= 0.3 is 0 Å². The Labute approximate surface area is 150 Å². The smallest absolute Gasteiger partial charge is 0.202 e. The third kappa shape index (κ3) is 18.8. The molecule has 140 valence electrons. The summed E-state index contributed by atoms with van der Waals surface area (Å²) >= 11 is 0. The van der Waals surface area contributed by atoms with E-state index in [-0.39, 0.29) is 5.96 Å². The van der Waals surface area contributed by atoms with Crippen LogP contribution in [0, 0.1) is 11.5 Å². The summed E-state index contributed by atoms with van der Waals surface area (Å²) in [7, 11) is 0. The number of nitrogens with two attached hydrogens (primary N) is 1. The van der Waals surface area contributed by atoms with Crippen LogP contribution >= 0.6 is 0 Å². The molecule has 0 bridgehead atoms. The van der Waals surface area contributed by atoms with E-state index in [4.69, 9.17) is 11.0 Å². The van der Waals surface area contributed by atoms with Crippen molar-refractivity contribution in [3.05, 3.63) is 0 Å². The van der Waals surface area contributed by atoms with E-state index in [9.17, 15) is 0 Å². The zero-order chi connectivity index (χ0) is 17.7. The molecule has 4 nitrogen and oxygen atoms in total. The molecule has 0 unspecified atom stereocenters. The quantitative estimate of drug-likeness (QED) is 0.119. The van der Waals surface area contributed by atoms with Gasteiger partial charge in [0.05, 0.1) is 0 Å². The summed E-state index contributed by atoms with van der Waals surface area (Å²) in [6.07, 6.45) is 23.7. The molecule has 0 aromatic carbocycles. The Morgan fingerprint density at radius 2 is 1.12 bits per heavy atom. The predicted octanol–water partition coefficient (Wildman–Crippen LogP) is 5.63. The van der Waals surface area contributed by atoms with E-state index in [1.54, 1.807) is 6.19 Å². The van der Waals surface area contributed by atoms with E-state index in [1.807, 2.05) is 0 Å². The van der Waals surface area contributed by atoms with Gasteiger partial charge in [0.2, 0.25) is 5.96 Å². The van der Waals surface area contributed by atoms with Crippen molar-refractivity contribution in [1.82, 2.24) is 5.32 Å². The average molecular weight is 337 g/mol. The number of nitriles is 1. The van der Waals surface area contributed by atoms with E-state index in [1.165, 1.54) is 96.3 Å². The lowest BCUT2D eigenvalue weighted by Gasteiger charge is -2.03. The first-order valence-electron chi connectivity index (χ1n) is 10.3. The molecule has 0 atom stereocenters. The zero-order valence-electron chi connectivity index (χ0n) is 16.0. The summed E-state index contributed by atoms with van der Waals surface area (Å²) in [6, 6.07) is 0. The van der Waals surface area contributed by atoms with Crippen molar-refractivity contribution in [3.8, 4) is 6.19 Å².